The Kier molecular flexibility index (Phi) is 7.11. The molecule has 0 heterocycles. The third-order valence-electron chi connectivity index (χ3n) is 2.06. The molecule has 2 N–H and O–H groups in total. The number of halogens is 3. The number of carbonyl (C=O) groups is 1. The summed E-state index contributed by atoms with van der Waals surface area (Å²) in [6, 6.07) is 3.62. The second-order valence-electron chi connectivity index (χ2n) is 3.29. The molecule has 1 atom stereocenters. The van der Waals surface area contributed by atoms with Gasteiger partial charge in [-0.15, -0.1) is 12.4 Å². The van der Waals surface area contributed by atoms with E-state index in [-0.39, 0.29) is 29.8 Å². The minimum absolute atomic E-state index is 0. The molecule has 0 aliphatic carbocycles. The quantitative estimate of drug-likeness (QED) is 0.864. The number of hydrogen-bond donors (Lipinski definition) is 1. The van der Waals surface area contributed by atoms with E-state index in [1.54, 1.807) is 6.92 Å². The highest BCUT2D eigenvalue weighted by Crippen LogP contribution is 2.21. The van der Waals surface area contributed by atoms with Gasteiger partial charge in [0.05, 0.1) is 18.1 Å². The van der Waals surface area contributed by atoms with Gasteiger partial charge in [-0.1, -0.05) is 17.7 Å². The van der Waals surface area contributed by atoms with Crippen LogP contribution in [-0.4, -0.2) is 12.6 Å². The van der Waals surface area contributed by atoms with Gasteiger partial charge in [0.2, 0.25) is 0 Å². The van der Waals surface area contributed by atoms with Gasteiger partial charge in [0, 0.05) is 6.04 Å². The molecule has 0 aliphatic heterocycles. The summed E-state index contributed by atoms with van der Waals surface area (Å²) in [5.74, 6) is -0.885. The summed E-state index contributed by atoms with van der Waals surface area (Å²) in [4.78, 5) is 11.2. The SMILES string of the molecule is CCOC(=O)C[C@H](N)c1ccc(F)c(Cl)c1.Cl. The topological polar surface area (TPSA) is 52.3 Å². The van der Waals surface area contributed by atoms with Gasteiger partial charge in [0.15, 0.2) is 0 Å². The van der Waals surface area contributed by atoms with Gasteiger partial charge in [-0.25, -0.2) is 4.39 Å². The molecule has 0 unspecified atom stereocenters. The van der Waals surface area contributed by atoms with E-state index >= 15 is 0 Å². The normalized spacial score (nSPS) is 11.5. The van der Waals surface area contributed by atoms with Crippen LogP contribution in [0.25, 0.3) is 0 Å². The van der Waals surface area contributed by atoms with E-state index in [1.807, 2.05) is 0 Å². The molecular formula is C11H14Cl2FNO2. The molecule has 1 aromatic carbocycles. The first-order chi connectivity index (χ1) is 7.54. The fraction of sp³-hybridized carbons (Fsp3) is 0.364. The number of hydrogen-bond acceptors (Lipinski definition) is 3. The van der Waals surface area contributed by atoms with Crippen LogP contribution >= 0.6 is 24.0 Å². The molecule has 3 nitrogen and oxygen atoms in total. The van der Waals surface area contributed by atoms with Crippen LogP contribution in [0.3, 0.4) is 0 Å². The number of rotatable bonds is 4. The summed E-state index contributed by atoms with van der Waals surface area (Å²) < 4.78 is 17.6. The lowest BCUT2D eigenvalue weighted by Gasteiger charge is -2.11. The molecule has 0 bridgehead atoms. The Morgan fingerprint density at radius 1 is 1.59 bits per heavy atom. The zero-order valence-electron chi connectivity index (χ0n) is 9.28. The number of benzene rings is 1. The molecule has 0 amide bonds. The standard InChI is InChI=1S/C11H13ClFNO2.ClH/c1-2-16-11(15)6-10(14)7-3-4-9(13)8(12)5-7;/h3-5,10H,2,6,14H2,1H3;1H/t10-;/m0./s1. The van der Waals surface area contributed by atoms with E-state index < -0.39 is 11.9 Å². The highest BCUT2D eigenvalue weighted by molar-refractivity contribution is 6.30. The van der Waals surface area contributed by atoms with Crippen molar-refractivity contribution in [3.63, 3.8) is 0 Å². The Bertz CT molecular complexity index is 388. The summed E-state index contributed by atoms with van der Waals surface area (Å²) in [6.45, 7) is 2.04. The third kappa shape index (κ3) is 4.89. The average molecular weight is 282 g/mol. The van der Waals surface area contributed by atoms with E-state index in [9.17, 15) is 9.18 Å². The number of ether oxygens (including phenoxy) is 1. The Hall–Kier alpha value is -0.840. The highest BCUT2D eigenvalue weighted by atomic mass is 35.5. The molecule has 0 saturated heterocycles. The summed E-state index contributed by atoms with van der Waals surface area (Å²) in [6.07, 6.45) is 0.0514. The second kappa shape index (κ2) is 7.48. The molecular weight excluding hydrogens is 268 g/mol. The fourth-order valence-electron chi connectivity index (χ4n) is 1.26. The first-order valence-corrected chi connectivity index (χ1v) is 5.28. The van der Waals surface area contributed by atoms with Gasteiger partial charge in [-0.2, -0.15) is 0 Å². The second-order valence-corrected chi connectivity index (χ2v) is 3.70. The predicted molar refractivity (Wildman–Crippen MR) is 66.8 cm³/mol. The lowest BCUT2D eigenvalue weighted by Crippen LogP contribution is -2.17. The molecule has 0 spiro atoms. The van der Waals surface area contributed by atoms with Crippen LogP contribution in [-0.2, 0) is 9.53 Å². The van der Waals surface area contributed by atoms with Crippen molar-refractivity contribution in [1.82, 2.24) is 0 Å². The van der Waals surface area contributed by atoms with E-state index in [0.717, 1.165) is 0 Å². The van der Waals surface area contributed by atoms with Crippen LogP contribution in [0, 0.1) is 5.82 Å². The van der Waals surface area contributed by atoms with E-state index in [2.05, 4.69) is 0 Å². The minimum atomic E-state index is -0.530. The minimum Gasteiger partial charge on any atom is -0.466 e. The van der Waals surface area contributed by atoms with Gasteiger partial charge in [-0.3, -0.25) is 4.79 Å². The zero-order chi connectivity index (χ0) is 12.1. The average Bonchev–Trinajstić information content (AvgIpc) is 2.22. The Morgan fingerprint density at radius 2 is 2.24 bits per heavy atom. The maximum atomic E-state index is 12.9. The lowest BCUT2D eigenvalue weighted by molar-refractivity contribution is -0.143. The maximum Gasteiger partial charge on any atom is 0.307 e. The molecule has 0 fully saturated rings. The van der Waals surface area contributed by atoms with Crippen LogP contribution < -0.4 is 5.73 Å². The van der Waals surface area contributed by atoms with Crippen LogP contribution in [0.5, 0.6) is 0 Å². The number of nitrogens with two attached hydrogens (primary N) is 1. The van der Waals surface area contributed by atoms with E-state index in [4.69, 9.17) is 22.1 Å². The number of esters is 1. The molecule has 6 heteroatoms. The third-order valence-corrected chi connectivity index (χ3v) is 2.35. The van der Waals surface area contributed by atoms with Crippen molar-refractivity contribution in [3.05, 3.63) is 34.6 Å². The molecule has 17 heavy (non-hydrogen) atoms. The van der Waals surface area contributed by atoms with Crippen molar-refractivity contribution in [1.29, 1.82) is 0 Å². The van der Waals surface area contributed by atoms with Crippen molar-refractivity contribution in [2.45, 2.75) is 19.4 Å². The van der Waals surface area contributed by atoms with Gasteiger partial charge >= 0.3 is 5.97 Å². The molecule has 0 aromatic heterocycles. The maximum absolute atomic E-state index is 12.9. The lowest BCUT2D eigenvalue weighted by atomic mass is 10.0. The first-order valence-electron chi connectivity index (χ1n) is 4.90. The van der Waals surface area contributed by atoms with Gasteiger partial charge < -0.3 is 10.5 Å². The molecule has 0 aliphatic rings. The van der Waals surface area contributed by atoms with Crippen molar-refractivity contribution in [3.8, 4) is 0 Å². The Balaban J connectivity index is 0.00000256. The van der Waals surface area contributed by atoms with E-state index in [0.29, 0.717) is 12.2 Å². The summed E-state index contributed by atoms with van der Waals surface area (Å²) >= 11 is 5.61. The summed E-state index contributed by atoms with van der Waals surface area (Å²) in [5, 5.41) is -0.00295. The molecule has 1 aromatic rings. The van der Waals surface area contributed by atoms with Gasteiger partial charge in [-0.05, 0) is 24.6 Å². The zero-order valence-corrected chi connectivity index (χ0v) is 10.9. The molecule has 96 valence electrons. The van der Waals surface area contributed by atoms with Crippen molar-refractivity contribution in [2.75, 3.05) is 6.61 Å². The van der Waals surface area contributed by atoms with Crippen LogP contribution in [0.15, 0.2) is 18.2 Å². The fourth-order valence-corrected chi connectivity index (χ4v) is 1.45. The van der Waals surface area contributed by atoms with Crippen LogP contribution in [0.1, 0.15) is 24.9 Å². The van der Waals surface area contributed by atoms with E-state index in [1.165, 1.54) is 18.2 Å². The van der Waals surface area contributed by atoms with Crippen molar-refractivity contribution in [2.24, 2.45) is 5.73 Å². The molecule has 0 saturated carbocycles. The smallest absolute Gasteiger partial charge is 0.307 e. The Morgan fingerprint density at radius 3 is 2.76 bits per heavy atom. The van der Waals surface area contributed by atoms with Gasteiger partial charge in [0.25, 0.3) is 0 Å². The van der Waals surface area contributed by atoms with Gasteiger partial charge in [0.1, 0.15) is 5.82 Å². The van der Waals surface area contributed by atoms with Crippen molar-refractivity contribution >= 4 is 30.0 Å². The van der Waals surface area contributed by atoms with Crippen molar-refractivity contribution < 1.29 is 13.9 Å². The first kappa shape index (κ1) is 16.2. The molecule has 0 radical (unpaired) electrons. The summed E-state index contributed by atoms with van der Waals surface area (Å²) in [5.41, 5.74) is 6.37. The van der Waals surface area contributed by atoms with Crippen LogP contribution in [0.2, 0.25) is 5.02 Å². The summed E-state index contributed by atoms with van der Waals surface area (Å²) in [7, 11) is 0. The van der Waals surface area contributed by atoms with Crippen LogP contribution in [0.4, 0.5) is 4.39 Å². The largest absolute Gasteiger partial charge is 0.466 e. The Labute approximate surface area is 110 Å². The predicted octanol–water partition coefficient (Wildman–Crippen LogP) is 2.85. The molecule has 1 rings (SSSR count). The number of carbonyl (C=O) groups excluding carboxylic acids is 1. The monoisotopic (exact) mass is 281 g/mol. The highest BCUT2D eigenvalue weighted by Gasteiger charge is 2.13.